The van der Waals surface area contributed by atoms with Crippen LogP contribution in [0.15, 0.2) is 48.5 Å². The minimum atomic E-state index is 0.128. The summed E-state index contributed by atoms with van der Waals surface area (Å²) in [6, 6.07) is 18.3. The molecule has 27 heavy (non-hydrogen) atoms. The van der Waals surface area contributed by atoms with Crippen LogP contribution in [0.1, 0.15) is 18.5 Å². The largest absolute Gasteiger partial charge is 0.487 e. The summed E-state index contributed by atoms with van der Waals surface area (Å²) in [5.41, 5.74) is 2.96. The lowest BCUT2D eigenvalue weighted by Gasteiger charge is -2.24. The van der Waals surface area contributed by atoms with Gasteiger partial charge in [-0.1, -0.05) is 24.3 Å². The number of rotatable bonds is 2. The molecule has 0 atom stereocenters. The van der Waals surface area contributed by atoms with Gasteiger partial charge in [-0.3, -0.25) is 0 Å². The van der Waals surface area contributed by atoms with Gasteiger partial charge in [0.05, 0.1) is 16.6 Å². The predicted octanol–water partition coefficient (Wildman–Crippen LogP) is 3.94. The molecule has 0 unspecified atom stereocenters. The van der Waals surface area contributed by atoms with Crippen LogP contribution in [-0.2, 0) is 0 Å². The second-order valence-electron chi connectivity index (χ2n) is 6.90. The molecule has 0 radical (unpaired) electrons. The molecular weight excluding hydrogens is 336 g/mol. The number of aromatic nitrogens is 2. The van der Waals surface area contributed by atoms with Gasteiger partial charge in [-0.2, -0.15) is 5.26 Å². The number of nitrogens with one attached hydrogen (secondary N) is 1. The highest BCUT2D eigenvalue weighted by Crippen LogP contribution is 2.31. The molecular formula is C22H18N4O. The molecule has 4 aromatic rings. The number of hydrogen-bond donors (Lipinski definition) is 1. The van der Waals surface area contributed by atoms with E-state index in [2.05, 4.69) is 22.4 Å². The van der Waals surface area contributed by atoms with E-state index in [1.54, 1.807) is 0 Å². The van der Waals surface area contributed by atoms with Gasteiger partial charge in [-0.05, 0) is 50.2 Å². The normalized spacial score (nSPS) is 15.2. The van der Waals surface area contributed by atoms with E-state index in [1.165, 1.54) is 0 Å². The van der Waals surface area contributed by atoms with Crippen molar-refractivity contribution in [3.63, 3.8) is 0 Å². The molecule has 5 heteroatoms. The van der Waals surface area contributed by atoms with Gasteiger partial charge in [0.15, 0.2) is 11.4 Å². The molecule has 5 nitrogen and oxygen atoms in total. The Bertz CT molecular complexity index is 1210. The Morgan fingerprint density at radius 2 is 1.81 bits per heavy atom. The van der Waals surface area contributed by atoms with E-state index in [-0.39, 0.29) is 6.10 Å². The fourth-order valence-corrected chi connectivity index (χ4v) is 3.73. The maximum Gasteiger partial charge on any atom is 0.183 e. The van der Waals surface area contributed by atoms with Crippen molar-refractivity contribution in [3.8, 4) is 11.8 Å². The summed E-state index contributed by atoms with van der Waals surface area (Å²) in [6.07, 6.45) is 2.01. The van der Waals surface area contributed by atoms with Gasteiger partial charge in [0.25, 0.3) is 0 Å². The van der Waals surface area contributed by atoms with Crippen molar-refractivity contribution >= 4 is 32.7 Å². The molecule has 1 aliphatic heterocycles. The number of piperidine rings is 1. The second-order valence-corrected chi connectivity index (χ2v) is 6.90. The first-order chi connectivity index (χ1) is 13.3. The summed E-state index contributed by atoms with van der Waals surface area (Å²) in [5.74, 6) is 0.574. The highest BCUT2D eigenvalue weighted by molar-refractivity contribution is 6.08. The van der Waals surface area contributed by atoms with Crippen LogP contribution in [0.3, 0.4) is 0 Å². The number of para-hydroxylation sites is 1. The van der Waals surface area contributed by atoms with Gasteiger partial charge >= 0.3 is 0 Å². The third-order valence-electron chi connectivity index (χ3n) is 5.13. The Labute approximate surface area is 156 Å². The first kappa shape index (κ1) is 16.0. The third kappa shape index (κ3) is 2.84. The molecule has 0 amide bonds. The molecule has 1 saturated heterocycles. The Morgan fingerprint density at radius 1 is 0.963 bits per heavy atom. The Morgan fingerprint density at radius 3 is 2.67 bits per heavy atom. The number of nitriles is 1. The van der Waals surface area contributed by atoms with E-state index in [4.69, 9.17) is 9.72 Å². The molecule has 0 saturated carbocycles. The van der Waals surface area contributed by atoms with Crippen molar-refractivity contribution in [1.29, 1.82) is 5.26 Å². The van der Waals surface area contributed by atoms with Crippen molar-refractivity contribution in [2.24, 2.45) is 0 Å². The highest BCUT2D eigenvalue weighted by atomic mass is 16.5. The molecule has 0 aliphatic carbocycles. The minimum Gasteiger partial charge on any atom is -0.487 e. The van der Waals surface area contributed by atoms with E-state index in [0.717, 1.165) is 58.6 Å². The van der Waals surface area contributed by atoms with Crippen LogP contribution in [0.25, 0.3) is 32.7 Å². The number of ether oxygens (including phenoxy) is 1. The quantitative estimate of drug-likeness (QED) is 0.436. The monoisotopic (exact) mass is 354 g/mol. The SMILES string of the molecule is N#Cc1nc2c(ccc3nc4ccccc4cc32)cc1OC1CCNCC1. The van der Waals surface area contributed by atoms with Crippen LogP contribution in [0, 0.1) is 11.3 Å². The average molecular weight is 354 g/mol. The van der Waals surface area contributed by atoms with Crippen molar-refractivity contribution in [1.82, 2.24) is 15.3 Å². The predicted molar refractivity (Wildman–Crippen MR) is 106 cm³/mol. The van der Waals surface area contributed by atoms with Crippen LogP contribution in [0.4, 0.5) is 0 Å². The van der Waals surface area contributed by atoms with Gasteiger partial charge in [-0.15, -0.1) is 0 Å². The molecule has 1 N–H and O–H groups in total. The zero-order valence-electron chi connectivity index (χ0n) is 14.8. The van der Waals surface area contributed by atoms with Crippen molar-refractivity contribution < 1.29 is 4.74 Å². The Balaban J connectivity index is 1.68. The summed E-state index contributed by atoms with van der Waals surface area (Å²) >= 11 is 0. The number of fused-ring (bicyclic) bond motifs is 4. The van der Waals surface area contributed by atoms with Gasteiger partial charge < -0.3 is 10.1 Å². The van der Waals surface area contributed by atoms with Crippen LogP contribution in [0.5, 0.6) is 5.75 Å². The first-order valence-corrected chi connectivity index (χ1v) is 9.22. The number of hydrogen-bond acceptors (Lipinski definition) is 5. The number of benzene rings is 2. The molecule has 1 fully saturated rings. The maximum atomic E-state index is 9.63. The molecule has 2 aromatic heterocycles. The lowest BCUT2D eigenvalue weighted by atomic mass is 10.1. The topological polar surface area (TPSA) is 70.8 Å². The van der Waals surface area contributed by atoms with Gasteiger partial charge in [0.1, 0.15) is 12.2 Å². The summed E-state index contributed by atoms with van der Waals surface area (Å²) < 4.78 is 6.13. The molecule has 3 heterocycles. The molecule has 5 rings (SSSR count). The average Bonchev–Trinajstić information content (AvgIpc) is 2.72. The lowest BCUT2D eigenvalue weighted by Crippen LogP contribution is -2.34. The van der Waals surface area contributed by atoms with E-state index < -0.39 is 0 Å². The van der Waals surface area contributed by atoms with Crippen LogP contribution >= 0.6 is 0 Å². The van der Waals surface area contributed by atoms with Crippen molar-refractivity contribution in [3.05, 3.63) is 54.2 Å². The fraction of sp³-hybridized carbons (Fsp3) is 0.227. The Kier molecular flexibility index (Phi) is 3.84. The molecule has 2 aromatic carbocycles. The fourth-order valence-electron chi connectivity index (χ4n) is 3.73. The van der Waals surface area contributed by atoms with Gasteiger partial charge in [0, 0.05) is 16.2 Å². The number of pyridine rings is 2. The van der Waals surface area contributed by atoms with Crippen molar-refractivity contribution in [2.75, 3.05) is 13.1 Å². The van der Waals surface area contributed by atoms with Gasteiger partial charge in [-0.25, -0.2) is 9.97 Å². The lowest BCUT2D eigenvalue weighted by molar-refractivity contribution is 0.161. The van der Waals surface area contributed by atoms with Crippen molar-refractivity contribution in [2.45, 2.75) is 18.9 Å². The smallest absolute Gasteiger partial charge is 0.183 e. The van der Waals surface area contributed by atoms with E-state index >= 15 is 0 Å². The standard InChI is InChI=1S/C22H18N4O/c23-13-20-21(27-16-7-9-24-10-8-16)12-15-5-6-19-17(22(15)26-20)11-14-3-1-2-4-18(14)25-19/h1-6,11-12,16,24H,7-10H2. The van der Waals surface area contributed by atoms with E-state index in [1.807, 2.05) is 42.5 Å². The molecule has 0 spiro atoms. The minimum absolute atomic E-state index is 0.128. The van der Waals surface area contributed by atoms with E-state index in [9.17, 15) is 5.26 Å². The zero-order chi connectivity index (χ0) is 18.2. The third-order valence-corrected chi connectivity index (χ3v) is 5.13. The van der Waals surface area contributed by atoms with E-state index in [0.29, 0.717) is 11.4 Å². The van der Waals surface area contributed by atoms with Crippen LogP contribution in [-0.4, -0.2) is 29.2 Å². The summed E-state index contributed by atoms with van der Waals surface area (Å²) in [6.45, 7) is 1.88. The summed E-state index contributed by atoms with van der Waals surface area (Å²) in [7, 11) is 0. The zero-order valence-corrected chi connectivity index (χ0v) is 14.8. The second kappa shape index (κ2) is 6.49. The summed E-state index contributed by atoms with van der Waals surface area (Å²) in [4.78, 5) is 9.39. The molecule has 132 valence electrons. The maximum absolute atomic E-state index is 9.63. The Hall–Kier alpha value is -3.23. The van der Waals surface area contributed by atoms with Gasteiger partial charge in [0.2, 0.25) is 0 Å². The van der Waals surface area contributed by atoms with Crippen LogP contribution < -0.4 is 10.1 Å². The highest BCUT2D eigenvalue weighted by Gasteiger charge is 2.18. The first-order valence-electron chi connectivity index (χ1n) is 9.22. The van der Waals surface area contributed by atoms with Crippen LogP contribution in [0.2, 0.25) is 0 Å². The summed E-state index contributed by atoms with van der Waals surface area (Å²) in [5, 5.41) is 15.9. The molecule has 1 aliphatic rings. The molecule has 0 bridgehead atoms. The number of nitrogens with zero attached hydrogens (tertiary/aromatic N) is 3.